The summed E-state index contributed by atoms with van der Waals surface area (Å²) in [6.45, 7) is 1.93. The number of anilines is 1. The lowest BCUT2D eigenvalue weighted by Crippen LogP contribution is -2.13. The maximum Gasteiger partial charge on any atom is 0.411 e. The number of rotatable bonds is 3. The number of amides is 1. The van der Waals surface area contributed by atoms with Crippen molar-refractivity contribution in [3.63, 3.8) is 0 Å². The Morgan fingerprint density at radius 2 is 2.12 bits per heavy atom. The molecule has 0 fully saturated rings. The first-order chi connectivity index (χ1) is 8.08. The first kappa shape index (κ1) is 12.8. The number of aromatic hydroxyl groups is 1. The predicted molar refractivity (Wildman–Crippen MR) is 60.1 cm³/mol. The Balaban J connectivity index is 2.82. The number of methoxy groups -OCH3 is 1. The van der Waals surface area contributed by atoms with Crippen molar-refractivity contribution in [2.45, 2.75) is 6.92 Å². The number of esters is 1. The van der Waals surface area contributed by atoms with Gasteiger partial charge in [0, 0.05) is 11.8 Å². The molecule has 0 bridgehead atoms. The Bertz CT molecular complexity index is 430. The van der Waals surface area contributed by atoms with Crippen LogP contribution in [0, 0.1) is 0 Å². The number of carbonyl (C=O) groups excluding carboxylic acids is 2. The van der Waals surface area contributed by atoms with Crippen molar-refractivity contribution in [2.24, 2.45) is 0 Å². The molecule has 1 amide bonds. The summed E-state index contributed by atoms with van der Waals surface area (Å²) in [6.07, 6.45) is -0.627. The van der Waals surface area contributed by atoms with Gasteiger partial charge in [-0.2, -0.15) is 0 Å². The van der Waals surface area contributed by atoms with E-state index in [4.69, 9.17) is 0 Å². The third-order valence-electron chi connectivity index (χ3n) is 1.92. The molecule has 0 atom stereocenters. The molecule has 0 aliphatic heterocycles. The fourth-order valence-electron chi connectivity index (χ4n) is 1.18. The molecular weight excluding hydrogens is 226 g/mol. The summed E-state index contributed by atoms with van der Waals surface area (Å²) >= 11 is 0. The minimum absolute atomic E-state index is 0.0295. The first-order valence-electron chi connectivity index (χ1n) is 4.93. The molecule has 6 nitrogen and oxygen atoms in total. The van der Waals surface area contributed by atoms with Gasteiger partial charge in [-0.25, -0.2) is 9.59 Å². The fourth-order valence-corrected chi connectivity index (χ4v) is 1.18. The van der Waals surface area contributed by atoms with Crippen molar-refractivity contribution >= 4 is 17.7 Å². The van der Waals surface area contributed by atoms with Crippen LogP contribution in [-0.4, -0.2) is 30.9 Å². The molecule has 0 saturated heterocycles. The van der Waals surface area contributed by atoms with Gasteiger partial charge in [-0.3, -0.25) is 5.32 Å². The summed E-state index contributed by atoms with van der Waals surface area (Å²) in [5, 5.41) is 11.9. The van der Waals surface area contributed by atoms with Crippen LogP contribution in [0.15, 0.2) is 18.2 Å². The average molecular weight is 239 g/mol. The first-order valence-corrected chi connectivity index (χ1v) is 4.93. The van der Waals surface area contributed by atoms with Crippen LogP contribution in [0.2, 0.25) is 0 Å². The smallest absolute Gasteiger partial charge is 0.411 e. The van der Waals surface area contributed by atoms with Crippen LogP contribution in [0.3, 0.4) is 0 Å². The van der Waals surface area contributed by atoms with E-state index in [0.717, 1.165) is 0 Å². The van der Waals surface area contributed by atoms with E-state index in [-0.39, 0.29) is 17.9 Å². The fraction of sp³-hybridized carbons (Fsp3) is 0.273. The van der Waals surface area contributed by atoms with Crippen LogP contribution < -0.4 is 5.32 Å². The topological polar surface area (TPSA) is 84.9 Å². The average Bonchev–Trinajstić information content (AvgIpc) is 2.28. The van der Waals surface area contributed by atoms with Gasteiger partial charge in [0.2, 0.25) is 0 Å². The van der Waals surface area contributed by atoms with Gasteiger partial charge in [0.25, 0.3) is 0 Å². The van der Waals surface area contributed by atoms with E-state index in [1.54, 1.807) is 6.92 Å². The van der Waals surface area contributed by atoms with Gasteiger partial charge >= 0.3 is 12.1 Å². The van der Waals surface area contributed by atoms with Gasteiger partial charge in [-0.15, -0.1) is 0 Å². The summed E-state index contributed by atoms with van der Waals surface area (Å²) < 4.78 is 9.13. The predicted octanol–water partition coefficient (Wildman–Crippen LogP) is 1.75. The summed E-state index contributed by atoms with van der Waals surface area (Å²) in [5.41, 5.74) is 0.357. The van der Waals surface area contributed by atoms with Crippen molar-refractivity contribution in [3.05, 3.63) is 23.8 Å². The third kappa shape index (κ3) is 3.37. The molecule has 0 aliphatic rings. The van der Waals surface area contributed by atoms with Crippen molar-refractivity contribution in [2.75, 3.05) is 19.0 Å². The Hall–Kier alpha value is -2.24. The quantitative estimate of drug-likeness (QED) is 0.785. The Morgan fingerprint density at radius 3 is 2.65 bits per heavy atom. The monoisotopic (exact) mass is 239 g/mol. The number of ether oxygens (including phenoxy) is 2. The lowest BCUT2D eigenvalue weighted by molar-refractivity contribution is 0.0597. The lowest BCUT2D eigenvalue weighted by Gasteiger charge is -2.07. The van der Waals surface area contributed by atoms with Crippen molar-refractivity contribution in [3.8, 4) is 5.75 Å². The highest BCUT2D eigenvalue weighted by atomic mass is 16.5. The highest BCUT2D eigenvalue weighted by Crippen LogP contribution is 2.22. The van der Waals surface area contributed by atoms with Crippen LogP contribution >= 0.6 is 0 Å². The molecule has 0 saturated carbocycles. The zero-order valence-corrected chi connectivity index (χ0v) is 9.52. The molecule has 2 N–H and O–H groups in total. The molecule has 0 radical (unpaired) electrons. The maximum absolute atomic E-state index is 11.2. The molecule has 6 heteroatoms. The minimum Gasteiger partial charge on any atom is -0.507 e. The number of phenolic OH excluding ortho intramolecular Hbond substituents is 1. The largest absolute Gasteiger partial charge is 0.507 e. The van der Waals surface area contributed by atoms with Crippen molar-refractivity contribution in [1.82, 2.24) is 0 Å². The number of hydrogen-bond donors (Lipinski definition) is 2. The normalized spacial score (nSPS) is 9.53. The van der Waals surface area contributed by atoms with Gasteiger partial charge in [0.1, 0.15) is 11.3 Å². The molecular formula is C11H13NO5. The SMILES string of the molecule is CCOC(=O)Nc1ccc(C(=O)OC)c(O)c1. The van der Waals surface area contributed by atoms with E-state index in [1.165, 1.54) is 25.3 Å². The number of carbonyl (C=O) groups is 2. The molecule has 1 rings (SSSR count). The standard InChI is InChI=1S/C11H13NO5/c1-3-17-11(15)12-7-4-5-8(9(13)6-7)10(14)16-2/h4-6,13H,3H2,1-2H3,(H,12,15). The molecule has 0 unspecified atom stereocenters. The highest BCUT2D eigenvalue weighted by Gasteiger charge is 2.12. The Morgan fingerprint density at radius 1 is 1.41 bits per heavy atom. The second kappa shape index (κ2) is 5.74. The molecule has 1 aromatic rings. The van der Waals surface area contributed by atoms with E-state index in [1.807, 2.05) is 0 Å². The van der Waals surface area contributed by atoms with Gasteiger partial charge in [0.05, 0.1) is 13.7 Å². The zero-order chi connectivity index (χ0) is 12.8. The van der Waals surface area contributed by atoms with Crippen molar-refractivity contribution in [1.29, 1.82) is 0 Å². The number of benzene rings is 1. The number of nitrogens with one attached hydrogen (secondary N) is 1. The van der Waals surface area contributed by atoms with Crippen LogP contribution in [0.25, 0.3) is 0 Å². The Labute approximate surface area is 98.2 Å². The van der Waals surface area contributed by atoms with Crippen LogP contribution in [0.4, 0.5) is 10.5 Å². The van der Waals surface area contributed by atoms with Gasteiger partial charge in [-0.1, -0.05) is 0 Å². The van der Waals surface area contributed by atoms with Gasteiger partial charge < -0.3 is 14.6 Å². The van der Waals surface area contributed by atoms with E-state index in [0.29, 0.717) is 5.69 Å². The van der Waals surface area contributed by atoms with Crippen LogP contribution in [0.1, 0.15) is 17.3 Å². The highest BCUT2D eigenvalue weighted by molar-refractivity contribution is 5.94. The van der Waals surface area contributed by atoms with E-state index in [9.17, 15) is 14.7 Å². The molecule has 17 heavy (non-hydrogen) atoms. The molecule has 1 aromatic carbocycles. The summed E-state index contributed by atoms with van der Waals surface area (Å²) in [5.74, 6) is -0.920. The number of hydrogen-bond acceptors (Lipinski definition) is 5. The van der Waals surface area contributed by atoms with Crippen LogP contribution in [0.5, 0.6) is 5.75 Å². The molecule has 0 aliphatic carbocycles. The Kier molecular flexibility index (Phi) is 4.33. The summed E-state index contributed by atoms with van der Waals surface area (Å²) in [7, 11) is 1.21. The summed E-state index contributed by atoms with van der Waals surface area (Å²) in [4.78, 5) is 22.3. The van der Waals surface area contributed by atoms with E-state index in [2.05, 4.69) is 14.8 Å². The van der Waals surface area contributed by atoms with E-state index < -0.39 is 12.1 Å². The second-order valence-electron chi connectivity index (χ2n) is 3.07. The lowest BCUT2D eigenvalue weighted by atomic mass is 10.2. The third-order valence-corrected chi connectivity index (χ3v) is 1.92. The van der Waals surface area contributed by atoms with Gasteiger partial charge in [0.15, 0.2) is 0 Å². The summed E-state index contributed by atoms with van der Waals surface area (Å²) in [6, 6.07) is 4.05. The molecule has 92 valence electrons. The van der Waals surface area contributed by atoms with Gasteiger partial charge in [-0.05, 0) is 19.1 Å². The van der Waals surface area contributed by atoms with E-state index >= 15 is 0 Å². The molecule has 0 heterocycles. The maximum atomic E-state index is 11.2. The van der Waals surface area contributed by atoms with Crippen molar-refractivity contribution < 1.29 is 24.2 Å². The zero-order valence-electron chi connectivity index (χ0n) is 9.52. The minimum atomic E-state index is -0.648. The molecule has 0 spiro atoms. The van der Waals surface area contributed by atoms with Crippen LogP contribution in [-0.2, 0) is 9.47 Å². The number of phenols is 1. The second-order valence-corrected chi connectivity index (χ2v) is 3.07. The molecule has 0 aromatic heterocycles.